The minimum atomic E-state index is 0. The SMILES string of the molecule is Cc1ccccc1-c1ccc2c(n1)N(c1[c-]cccc1)[CH-]N2C(C)C.Cc1ccccc1-c1ccc2c(n1)N(c1[c-]cccc1)[CH-]N2C(C)C.Cl.[Ir].[Ir]. The van der Waals surface area contributed by atoms with Gasteiger partial charge >= 0.3 is 0 Å². The van der Waals surface area contributed by atoms with Crippen molar-refractivity contribution in [1.29, 1.82) is 0 Å². The first kappa shape index (κ1) is 41.7. The molecule has 0 spiro atoms. The predicted octanol–water partition coefficient (Wildman–Crippen LogP) is 11.1. The first-order chi connectivity index (χ1) is 24.3. The minimum absolute atomic E-state index is 0. The molecule has 0 bridgehead atoms. The molecule has 0 N–H and O–H groups in total. The van der Waals surface area contributed by atoms with E-state index in [4.69, 9.17) is 9.97 Å². The number of fused-ring (bicyclic) bond motifs is 2. The van der Waals surface area contributed by atoms with Crippen LogP contribution < -0.4 is 19.6 Å². The fraction of sp³-hybridized carbons (Fsp3) is 0.182. The maximum Gasteiger partial charge on any atom is 0.125 e. The number of hydrogen-bond acceptors (Lipinski definition) is 6. The fourth-order valence-corrected chi connectivity index (χ4v) is 6.39. The zero-order valence-corrected chi connectivity index (χ0v) is 36.2. The zero-order chi connectivity index (χ0) is 34.8. The smallest absolute Gasteiger partial charge is 0.125 e. The van der Waals surface area contributed by atoms with Crippen molar-refractivity contribution >= 4 is 46.8 Å². The minimum Gasteiger partial charge on any atom is -0.498 e. The number of nitrogens with zero attached hydrogens (tertiary/aromatic N) is 6. The van der Waals surface area contributed by atoms with Gasteiger partial charge in [0.05, 0.1) is 11.4 Å². The van der Waals surface area contributed by atoms with Gasteiger partial charge in [-0.3, -0.25) is 0 Å². The quantitative estimate of drug-likeness (QED) is 0.155. The summed E-state index contributed by atoms with van der Waals surface area (Å²) in [5, 5.41) is 0. The Labute approximate surface area is 348 Å². The van der Waals surface area contributed by atoms with Crippen molar-refractivity contribution < 1.29 is 40.2 Å². The normalized spacial score (nSPS) is 12.7. The van der Waals surface area contributed by atoms with E-state index in [-0.39, 0.29) is 52.6 Å². The standard InChI is InChI=1S/2C22H21N3.ClH.2Ir/c2*1-16(2)24-15-25(18-10-5-4-6-11-18)22-21(24)14-13-20(23-22)19-12-8-7-9-17(19)3;;;/h2*4-10,12-16H,1-3H3;1H;;/q2*-2;;;. The summed E-state index contributed by atoms with van der Waals surface area (Å²) in [7, 11) is 0. The number of pyridine rings is 2. The van der Waals surface area contributed by atoms with Crippen LogP contribution in [0.4, 0.5) is 34.4 Å². The molecule has 53 heavy (non-hydrogen) atoms. The number of anilines is 6. The molecule has 278 valence electrons. The van der Waals surface area contributed by atoms with Gasteiger partial charge in [-0.25, -0.2) is 9.97 Å². The van der Waals surface area contributed by atoms with Crippen molar-refractivity contribution in [2.75, 3.05) is 19.6 Å². The average Bonchev–Trinajstić information content (AvgIpc) is 3.72. The van der Waals surface area contributed by atoms with Crippen molar-refractivity contribution in [3.8, 4) is 22.5 Å². The van der Waals surface area contributed by atoms with E-state index < -0.39 is 0 Å². The Morgan fingerprint density at radius 2 is 0.887 bits per heavy atom. The van der Waals surface area contributed by atoms with Crippen LogP contribution in [-0.2, 0) is 40.2 Å². The molecule has 8 rings (SSSR count). The van der Waals surface area contributed by atoms with Gasteiger partial charge in [0.15, 0.2) is 0 Å². The first-order valence-corrected chi connectivity index (χ1v) is 17.2. The van der Waals surface area contributed by atoms with Crippen LogP contribution in [0.2, 0.25) is 0 Å². The number of halogens is 1. The Hall–Kier alpha value is -4.03. The Balaban J connectivity index is 0.000000224. The van der Waals surface area contributed by atoms with E-state index in [1.54, 1.807) is 0 Å². The van der Waals surface area contributed by atoms with Gasteiger partial charge in [-0.15, -0.1) is 37.1 Å². The summed E-state index contributed by atoms with van der Waals surface area (Å²) in [5.41, 5.74) is 11.1. The molecule has 0 aliphatic carbocycles. The second kappa shape index (κ2) is 18.3. The van der Waals surface area contributed by atoms with Gasteiger partial charge in [0, 0.05) is 62.7 Å². The van der Waals surface area contributed by atoms with Crippen LogP contribution in [0.5, 0.6) is 0 Å². The summed E-state index contributed by atoms with van der Waals surface area (Å²) >= 11 is 0. The number of aromatic nitrogens is 2. The monoisotopic (exact) mass is 1080 g/mol. The van der Waals surface area contributed by atoms with Crippen LogP contribution in [-0.4, -0.2) is 22.1 Å². The van der Waals surface area contributed by atoms with Gasteiger partial charge in [-0.1, -0.05) is 48.5 Å². The fourth-order valence-electron chi connectivity index (χ4n) is 6.39. The Morgan fingerprint density at radius 3 is 1.23 bits per heavy atom. The van der Waals surface area contributed by atoms with Gasteiger partial charge in [0.25, 0.3) is 0 Å². The van der Waals surface area contributed by atoms with Crippen molar-refractivity contribution in [2.24, 2.45) is 0 Å². The molecule has 6 aromatic rings. The Morgan fingerprint density at radius 1 is 0.509 bits per heavy atom. The molecule has 2 radical (unpaired) electrons. The summed E-state index contributed by atoms with van der Waals surface area (Å²) in [4.78, 5) is 18.8. The van der Waals surface area contributed by atoms with Crippen molar-refractivity contribution in [3.05, 3.63) is 158 Å². The average molecular weight is 1080 g/mol. The largest absolute Gasteiger partial charge is 0.498 e. The van der Waals surface area contributed by atoms with Gasteiger partial charge in [-0.05, 0) is 89.0 Å². The van der Waals surface area contributed by atoms with Crippen LogP contribution in [0.3, 0.4) is 0 Å². The molecular formula is C44H43ClIr2N6-4. The maximum atomic E-state index is 5.01. The molecule has 2 aromatic heterocycles. The van der Waals surface area contributed by atoms with E-state index in [0.29, 0.717) is 12.1 Å². The third kappa shape index (κ3) is 8.70. The van der Waals surface area contributed by atoms with E-state index in [9.17, 15) is 0 Å². The van der Waals surface area contributed by atoms with Crippen molar-refractivity contribution in [1.82, 2.24) is 9.97 Å². The molecule has 4 heterocycles. The molecule has 0 atom stereocenters. The Bertz CT molecular complexity index is 1940. The molecule has 9 heteroatoms. The number of aryl methyl sites for hydroxylation is 2. The van der Waals surface area contributed by atoms with Crippen LogP contribution in [0.1, 0.15) is 38.8 Å². The Kier molecular flexibility index (Phi) is 14.4. The summed E-state index contributed by atoms with van der Waals surface area (Å²) < 4.78 is 0. The second-order valence-electron chi connectivity index (χ2n) is 13.2. The van der Waals surface area contributed by atoms with Crippen LogP contribution in [0.25, 0.3) is 22.5 Å². The molecule has 2 aliphatic rings. The second-order valence-corrected chi connectivity index (χ2v) is 13.2. The van der Waals surface area contributed by atoms with E-state index in [0.717, 1.165) is 45.8 Å². The zero-order valence-electron chi connectivity index (χ0n) is 30.6. The number of benzene rings is 4. The molecule has 0 saturated heterocycles. The molecule has 0 amide bonds. The topological polar surface area (TPSA) is 38.7 Å². The van der Waals surface area contributed by atoms with E-state index in [2.05, 4.69) is 172 Å². The number of para-hydroxylation sites is 2. The van der Waals surface area contributed by atoms with Crippen molar-refractivity contribution in [2.45, 2.75) is 53.6 Å². The molecular weight excluding hydrogens is 1030 g/mol. The van der Waals surface area contributed by atoms with Gasteiger partial charge in [-0.2, -0.15) is 60.7 Å². The number of rotatable bonds is 6. The summed E-state index contributed by atoms with van der Waals surface area (Å²) in [6.45, 7) is 17.2. The first-order valence-electron chi connectivity index (χ1n) is 17.2. The molecule has 2 aliphatic heterocycles. The number of hydrogen-bond donors (Lipinski definition) is 0. The van der Waals surface area contributed by atoms with Gasteiger partial charge in [0.2, 0.25) is 0 Å². The third-order valence-corrected chi connectivity index (χ3v) is 9.06. The van der Waals surface area contributed by atoms with Gasteiger partial charge in [0.1, 0.15) is 11.6 Å². The van der Waals surface area contributed by atoms with Crippen LogP contribution in [0.15, 0.2) is 121 Å². The summed E-state index contributed by atoms with van der Waals surface area (Å²) in [5.74, 6) is 1.91. The maximum absolute atomic E-state index is 5.01. The van der Waals surface area contributed by atoms with Crippen LogP contribution in [0, 0.1) is 39.3 Å². The molecule has 0 saturated carbocycles. The van der Waals surface area contributed by atoms with E-state index in [1.165, 1.54) is 22.3 Å². The molecule has 4 aromatic carbocycles. The predicted molar refractivity (Wildman–Crippen MR) is 215 cm³/mol. The van der Waals surface area contributed by atoms with E-state index >= 15 is 0 Å². The van der Waals surface area contributed by atoms with Crippen LogP contribution >= 0.6 is 12.4 Å². The summed E-state index contributed by atoms with van der Waals surface area (Å²) in [6.07, 6.45) is 0. The van der Waals surface area contributed by atoms with E-state index in [1.807, 2.05) is 36.4 Å². The summed E-state index contributed by atoms with van der Waals surface area (Å²) in [6, 6.07) is 48.7. The third-order valence-electron chi connectivity index (χ3n) is 9.06. The van der Waals surface area contributed by atoms with Gasteiger partial charge < -0.3 is 19.6 Å². The van der Waals surface area contributed by atoms with Crippen molar-refractivity contribution in [3.63, 3.8) is 0 Å². The molecule has 6 nitrogen and oxygen atoms in total. The molecule has 0 fully saturated rings. The molecule has 0 unspecified atom stereocenters.